The second-order valence-corrected chi connectivity index (χ2v) is 4.62. The molecule has 3 aromatic rings. The van der Waals surface area contributed by atoms with Crippen LogP contribution in [-0.4, -0.2) is 15.0 Å². The molecule has 0 atom stereocenters. The second kappa shape index (κ2) is 5.13. The summed E-state index contributed by atoms with van der Waals surface area (Å²) < 4.78 is 0. The van der Waals surface area contributed by atoms with Crippen molar-refractivity contribution in [2.45, 2.75) is 13.5 Å². The summed E-state index contributed by atoms with van der Waals surface area (Å²) in [5.74, 6) is 0.790. The molecule has 0 saturated heterocycles. The molecule has 100 valence electrons. The number of hydrogen-bond acceptors (Lipinski definition) is 5. The van der Waals surface area contributed by atoms with Crippen molar-refractivity contribution in [3.05, 3.63) is 54.1 Å². The Hall–Kier alpha value is -2.69. The van der Waals surface area contributed by atoms with Crippen molar-refractivity contribution < 1.29 is 0 Å². The Morgan fingerprint density at radius 3 is 2.90 bits per heavy atom. The lowest BCUT2D eigenvalue weighted by Gasteiger charge is -2.08. The average molecular weight is 265 g/mol. The number of pyridine rings is 1. The maximum absolute atomic E-state index is 5.76. The molecule has 0 unspecified atom stereocenters. The standard InChI is InChI=1S/C15H15N5/c1-10-3-2-4-12(20-10)8-17-15-13-6-5-11(16)7-14(13)18-9-19-15/h2-7,9H,8,16H2,1H3,(H,17,18,19). The van der Waals surface area contributed by atoms with Crippen LogP contribution < -0.4 is 11.1 Å². The zero-order chi connectivity index (χ0) is 13.9. The van der Waals surface area contributed by atoms with E-state index in [4.69, 9.17) is 5.73 Å². The maximum atomic E-state index is 5.76. The molecule has 0 fully saturated rings. The summed E-state index contributed by atoms with van der Waals surface area (Å²) in [5.41, 5.74) is 9.28. The number of nitrogens with two attached hydrogens (primary N) is 1. The molecule has 1 aromatic carbocycles. The highest BCUT2D eigenvalue weighted by Crippen LogP contribution is 2.21. The number of hydrogen-bond donors (Lipinski definition) is 2. The molecule has 3 N–H and O–H groups in total. The zero-order valence-electron chi connectivity index (χ0n) is 11.2. The van der Waals surface area contributed by atoms with Crippen molar-refractivity contribution in [1.82, 2.24) is 15.0 Å². The van der Waals surface area contributed by atoms with Crippen LogP contribution in [0.3, 0.4) is 0 Å². The van der Waals surface area contributed by atoms with E-state index in [-0.39, 0.29) is 0 Å². The molecule has 0 aliphatic heterocycles. The summed E-state index contributed by atoms with van der Waals surface area (Å²) in [4.78, 5) is 13.0. The lowest BCUT2D eigenvalue weighted by atomic mass is 10.2. The SMILES string of the molecule is Cc1cccc(CNc2ncnc3cc(N)ccc23)n1. The first kappa shape index (κ1) is 12.3. The molecule has 3 rings (SSSR count). The van der Waals surface area contributed by atoms with E-state index in [1.807, 2.05) is 43.3 Å². The molecule has 0 spiro atoms. The fourth-order valence-corrected chi connectivity index (χ4v) is 2.09. The molecule has 2 aromatic heterocycles. The normalized spacial score (nSPS) is 10.7. The van der Waals surface area contributed by atoms with E-state index >= 15 is 0 Å². The second-order valence-electron chi connectivity index (χ2n) is 4.62. The van der Waals surface area contributed by atoms with Crippen LogP contribution in [0.4, 0.5) is 11.5 Å². The van der Waals surface area contributed by atoms with Crippen LogP contribution >= 0.6 is 0 Å². The van der Waals surface area contributed by atoms with Crippen molar-refractivity contribution in [2.75, 3.05) is 11.1 Å². The van der Waals surface area contributed by atoms with Gasteiger partial charge in [-0.1, -0.05) is 6.07 Å². The summed E-state index contributed by atoms with van der Waals surface area (Å²) >= 11 is 0. The monoisotopic (exact) mass is 265 g/mol. The van der Waals surface area contributed by atoms with E-state index < -0.39 is 0 Å². The summed E-state index contributed by atoms with van der Waals surface area (Å²) in [6, 6.07) is 11.6. The van der Waals surface area contributed by atoms with E-state index in [0.717, 1.165) is 28.1 Å². The summed E-state index contributed by atoms with van der Waals surface area (Å²) in [6.07, 6.45) is 1.54. The number of fused-ring (bicyclic) bond motifs is 1. The largest absolute Gasteiger partial charge is 0.399 e. The van der Waals surface area contributed by atoms with Gasteiger partial charge in [-0.2, -0.15) is 0 Å². The Morgan fingerprint density at radius 2 is 2.05 bits per heavy atom. The summed E-state index contributed by atoms with van der Waals surface area (Å²) in [5, 5.41) is 4.25. The van der Waals surface area contributed by atoms with Gasteiger partial charge >= 0.3 is 0 Å². The molecule has 2 heterocycles. The third-order valence-corrected chi connectivity index (χ3v) is 3.04. The third-order valence-electron chi connectivity index (χ3n) is 3.04. The molecule has 0 aliphatic rings. The molecular weight excluding hydrogens is 250 g/mol. The fraction of sp³-hybridized carbons (Fsp3) is 0.133. The van der Waals surface area contributed by atoms with Crippen molar-refractivity contribution >= 4 is 22.4 Å². The third kappa shape index (κ3) is 2.51. The van der Waals surface area contributed by atoms with Crippen molar-refractivity contribution in [1.29, 1.82) is 0 Å². The minimum atomic E-state index is 0.623. The van der Waals surface area contributed by atoms with Gasteiger partial charge in [0, 0.05) is 16.8 Å². The smallest absolute Gasteiger partial charge is 0.137 e. The fourth-order valence-electron chi connectivity index (χ4n) is 2.09. The lowest BCUT2D eigenvalue weighted by molar-refractivity contribution is 1.00. The molecule has 5 heteroatoms. The molecule has 20 heavy (non-hydrogen) atoms. The van der Waals surface area contributed by atoms with Gasteiger partial charge in [0.25, 0.3) is 0 Å². The molecule has 0 radical (unpaired) electrons. The van der Waals surface area contributed by atoms with Crippen LogP contribution in [0.2, 0.25) is 0 Å². The zero-order valence-corrected chi connectivity index (χ0v) is 11.2. The van der Waals surface area contributed by atoms with Crippen molar-refractivity contribution in [3.63, 3.8) is 0 Å². The number of benzene rings is 1. The van der Waals surface area contributed by atoms with Gasteiger partial charge < -0.3 is 11.1 Å². The van der Waals surface area contributed by atoms with Crippen LogP contribution in [0.25, 0.3) is 10.9 Å². The quantitative estimate of drug-likeness (QED) is 0.712. The average Bonchev–Trinajstić information content (AvgIpc) is 2.44. The van der Waals surface area contributed by atoms with E-state index in [1.165, 1.54) is 6.33 Å². The minimum absolute atomic E-state index is 0.623. The highest BCUT2D eigenvalue weighted by molar-refractivity contribution is 5.90. The van der Waals surface area contributed by atoms with E-state index in [2.05, 4.69) is 20.3 Å². The first-order valence-corrected chi connectivity index (χ1v) is 6.39. The van der Waals surface area contributed by atoms with E-state index in [9.17, 15) is 0 Å². The topological polar surface area (TPSA) is 76.7 Å². The number of rotatable bonds is 3. The van der Waals surface area contributed by atoms with Crippen LogP contribution in [0.5, 0.6) is 0 Å². The molecule has 0 aliphatic carbocycles. The van der Waals surface area contributed by atoms with Gasteiger partial charge in [0.15, 0.2) is 0 Å². The Bertz CT molecular complexity index is 754. The van der Waals surface area contributed by atoms with Crippen molar-refractivity contribution in [3.8, 4) is 0 Å². The van der Waals surface area contributed by atoms with Gasteiger partial charge in [0.2, 0.25) is 0 Å². The first-order chi connectivity index (χ1) is 9.72. The van der Waals surface area contributed by atoms with Crippen LogP contribution in [0.15, 0.2) is 42.7 Å². The first-order valence-electron chi connectivity index (χ1n) is 6.39. The molecule has 0 saturated carbocycles. The van der Waals surface area contributed by atoms with E-state index in [0.29, 0.717) is 12.2 Å². The van der Waals surface area contributed by atoms with E-state index in [1.54, 1.807) is 0 Å². The maximum Gasteiger partial charge on any atom is 0.137 e. The van der Waals surface area contributed by atoms with Gasteiger partial charge in [0.05, 0.1) is 17.8 Å². The highest BCUT2D eigenvalue weighted by Gasteiger charge is 2.04. The van der Waals surface area contributed by atoms with Crippen LogP contribution in [0, 0.1) is 6.92 Å². The molecule has 5 nitrogen and oxygen atoms in total. The van der Waals surface area contributed by atoms with Gasteiger partial charge in [-0.25, -0.2) is 9.97 Å². The Balaban J connectivity index is 1.87. The number of anilines is 2. The molecule has 0 bridgehead atoms. The summed E-state index contributed by atoms with van der Waals surface area (Å²) in [6.45, 7) is 2.60. The summed E-state index contributed by atoms with van der Waals surface area (Å²) in [7, 11) is 0. The highest BCUT2D eigenvalue weighted by atomic mass is 15.0. The Kier molecular flexibility index (Phi) is 3.16. The number of aromatic nitrogens is 3. The Labute approximate surface area is 116 Å². The van der Waals surface area contributed by atoms with Gasteiger partial charge in [-0.05, 0) is 37.3 Å². The number of nitrogen functional groups attached to an aromatic ring is 1. The Morgan fingerprint density at radius 1 is 1.15 bits per heavy atom. The molecular formula is C15H15N5. The van der Waals surface area contributed by atoms with Crippen LogP contribution in [0.1, 0.15) is 11.4 Å². The number of nitrogens with zero attached hydrogens (tertiary/aromatic N) is 3. The lowest BCUT2D eigenvalue weighted by Crippen LogP contribution is -2.04. The number of nitrogens with one attached hydrogen (secondary N) is 1. The predicted octanol–water partition coefficient (Wildman–Crippen LogP) is 2.53. The minimum Gasteiger partial charge on any atom is -0.399 e. The van der Waals surface area contributed by atoms with Crippen molar-refractivity contribution in [2.24, 2.45) is 0 Å². The number of aryl methyl sites for hydroxylation is 1. The predicted molar refractivity (Wildman–Crippen MR) is 80.3 cm³/mol. The van der Waals surface area contributed by atoms with Gasteiger partial charge in [-0.3, -0.25) is 4.98 Å². The van der Waals surface area contributed by atoms with Gasteiger partial charge in [-0.15, -0.1) is 0 Å². The van der Waals surface area contributed by atoms with Crippen LogP contribution in [-0.2, 0) is 6.54 Å². The molecule has 0 amide bonds. The van der Waals surface area contributed by atoms with Gasteiger partial charge in [0.1, 0.15) is 12.1 Å².